The largest absolute Gasteiger partial charge is 0.508 e. The number of amides is 2. The van der Waals surface area contributed by atoms with Gasteiger partial charge in [0.2, 0.25) is 11.8 Å². The number of ether oxygens (including phenoxy) is 2. The lowest BCUT2D eigenvalue weighted by Gasteiger charge is -2.31. The second-order valence-corrected chi connectivity index (χ2v) is 11.0. The summed E-state index contributed by atoms with van der Waals surface area (Å²) in [4.78, 5) is 28.5. The van der Waals surface area contributed by atoms with Crippen LogP contribution in [0.25, 0.3) is 6.08 Å². The van der Waals surface area contributed by atoms with E-state index in [1.54, 1.807) is 31.4 Å². The normalized spacial score (nSPS) is 24.5. The molecular formula is C30H33BClNO7. The first kappa shape index (κ1) is 28.6. The molecule has 1 aliphatic carbocycles. The van der Waals surface area contributed by atoms with Crippen molar-refractivity contribution in [3.05, 3.63) is 69.8 Å². The van der Waals surface area contributed by atoms with Gasteiger partial charge in [-0.25, -0.2) is 0 Å². The van der Waals surface area contributed by atoms with Crippen molar-refractivity contribution in [2.45, 2.75) is 38.7 Å². The fourth-order valence-electron chi connectivity index (χ4n) is 6.38. The lowest BCUT2D eigenvalue weighted by Crippen LogP contribution is -2.36. The van der Waals surface area contributed by atoms with Crippen LogP contribution >= 0.6 is 11.6 Å². The summed E-state index contributed by atoms with van der Waals surface area (Å²) < 4.78 is 11.8. The van der Waals surface area contributed by atoms with Crippen molar-refractivity contribution < 1.29 is 34.2 Å². The van der Waals surface area contributed by atoms with Crippen molar-refractivity contribution in [1.29, 1.82) is 0 Å². The van der Waals surface area contributed by atoms with Crippen LogP contribution in [0.1, 0.15) is 38.2 Å². The molecule has 4 atom stereocenters. The standard InChI is InChI=1S/C30H33BClNO7/c1-3-17(11-18-8-9-22(34)14-25(18)32)7-10-26-27-19(15-39-2)12-23-28(24(27)16-40-26)30(36)33(29(23)35)21-6-4-5-20(13-21)31(37)38/h4-6,8-9,11,13-14,23-24,26,28,34,37-38H,3,7,10,12,15-16H2,1-2H3/b17-11+/t23-,24+,26-,28-/m1/s1. The van der Waals surface area contributed by atoms with Gasteiger partial charge in [-0.1, -0.05) is 42.3 Å². The molecule has 8 nitrogen and oxygen atoms in total. The number of fused-ring (bicyclic) bond motifs is 3. The summed E-state index contributed by atoms with van der Waals surface area (Å²) in [7, 11) is -0.0778. The number of phenols is 1. The second-order valence-electron chi connectivity index (χ2n) is 10.6. The predicted octanol–water partition coefficient (Wildman–Crippen LogP) is 3.47. The Labute approximate surface area is 239 Å². The fourth-order valence-corrected chi connectivity index (χ4v) is 6.61. The molecule has 2 fully saturated rings. The summed E-state index contributed by atoms with van der Waals surface area (Å²) in [6.45, 7) is 2.80. The average Bonchev–Trinajstić information content (AvgIpc) is 3.46. The van der Waals surface area contributed by atoms with Gasteiger partial charge in [-0.2, -0.15) is 0 Å². The number of anilines is 1. The third-order valence-electron chi connectivity index (χ3n) is 8.28. The summed E-state index contributed by atoms with van der Waals surface area (Å²) in [5, 5.41) is 29.3. The van der Waals surface area contributed by atoms with Crippen LogP contribution in [0.3, 0.4) is 0 Å². The van der Waals surface area contributed by atoms with Crippen molar-refractivity contribution in [2.75, 3.05) is 25.2 Å². The van der Waals surface area contributed by atoms with Gasteiger partial charge < -0.3 is 24.6 Å². The van der Waals surface area contributed by atoms with E-state index in [4.69, 9.17) is 21.1 Å². The SMILES string of the molecule is CC/C(=C\c1ccc(O)cc1Cl)CC[C@H]1OC[C@H]2C1=C(COC)C[C@H]1C(=O)N(c3cccc(B(O)O)c3)C(=O)[C@H]12. The topological polar surface area (TPSA) is 117 Å². The van der Waals surface area contributed by atoms with E-state index in [0.717, 1.165) is 29.6 Å². The Morgan fingerprint density at radius 2 is 1.98 bits per heavy atom. The van der Waals surface area contributed by atoms with Crippen molar-refractivity contribution in [1.82, 2.24) is 0 Å². The van der Waals surface area contributed by atoms with Gasteiger partial charge >= 0.3 is 7.12 Å². The van der Waals surface area contributed by atoms with Crippen LogP contribution in [-0.4, -0.2) is 60.5 Å². The van der Waals surface area contributed by atoms with Gasteiger partial charge in [-0.15, -0.1) is 0 Å². The number of carbonyl (C=O) groups is 2. The van der Waals surface area contributed by atoms with Crippen LogP contribution < -0.4 is 10.4 Å². The minimum Gasteiger partial charge on any atom is -0.508 e. The highest BCUT2D eigenvalue weighted by Gasteiger charge is 2.57. The van der Waals surface area contributed by atoms with Gasteiger partial charge in [0.05, 0.1) is 41.9 Å². The Morgan fingerprint density at radius 1 is 1.18 bits per heavy atom. The Hall–Kier alpha value is -2.95. The average molecular weight is 566 g/mol. The van der Waals surface area contributed by atoms with E-state index in [0.29, 0.717) is 36.8 Å². The first-order valence-electron chi connectivity index (χ1n) is 13.6. The van der Waals surface area contributed by atoms with Crippen LogP contribution in [0.15, 0.2) is 59.2 Å². The molecule has 5 rings (SSSR count). The third kappa shape index (κ3) is 5.36. The Bertz CT molecular complexity index is 1370. The summed E-state index contributed by atoms with van der Waals surface area (Å²) in [6.07, 6.45) is 4.58. The Kier molecular flexibility index (Phi) is 8.49. The monoisotopic (exact) mass is 565 g/mol. The number of allylic oxidation sites excluding steroid dienone is 1. The molecule has 210 valence electrons. The molecule has 0 radical (unpaired) electrons. The summed E-state index contributed by atoms with van der Waals surface area (Å²) in [5.74, 6) is -1.71. The second kappa shape index (κ2) is 11.9. The van der Waals surface area contributed by atoms with Gasteiger partial charge in [-0.05, 0) is 78.2 Å². The summed E-state index contributed by atoms with van der Waals surface area (Å²) in [6, 6.07) is 11.2. The molecule has 0 aromatic heterocycles. The highest BCUT2D eigenvalue weighted by Crippen LogP contribution is 2.50. The van der Waals surface area contributed by atoms with E-state index in [9.17, 15) is 24.7 Å². The number of imide groups is 1. The molecule has 2 heterocycles. The molecule has 2 saturated heterocycles. The maximum Gasteiger partial charge on any atom is 0.488 e. The minimum atomic E-state index is -1.70. The molecule has 0 spiro atoms. The van der Waals surface area contributed by atoms with Crippen molar-refractivity contribution in [2.24, 2.45) is 17.8 Å². The zero-order chi connectivity index (χ0) is 28.6. The molecule has 2 aromatic rings. The van der Waals surface area contributed by atoms with Crippen molar-refractivity contribution in [3.63, 3.8) is 0 Å². The molecule has 0 unspecified atom stereocenters. The van der Waals surface area contributed by atoms with Crippen LogP contribution in [0.5, 0.6) is 5.75 Å². The smallest absolute Gasteiger partial charge is 0.488 e. The zero-order valence-corrected chi connectivity index (χ0v) is 23.3. The summed E-state index contributed by atoms with van der Waals surface area (Å²) >= 11 is 6.32. The first-order chi connectivity index (χ1) is 19.2. The molecule has 2 amide bonds. The van der Waals surface area contributed by atoms with E-state index in [1.165, 1.54) is 28.7 Å². The van der Waals surface area contributed by atoms with Gasteiger partial charge in [-0.3, -0.25) is 14.5 Å². The number of methoxy groups -OCH3 is 1. The number of benzene rings is 2. The number of halogens is 1. The van der Waals surface area contributed by atoms with Gasteiger partial charge in [0.25, 0.3) is 0 Å². The van der Waals surface area contributed by atoms with Crippen LogP contribution in [-0.2, 0) is 19.1 Å². The highest BCUT2D eigenvalue weighted by molar-refractivity contribution is 6.58. The fraction of sp³-hybridized carbons (Fsp3) is 0.400. The minimum absolute atomic E-state index is 0.121. The summed E-state index contributed by atoms with van der Waals surface area (Å²) in [5.41, 5.74) is 4.67. The van der Waals surface area contributed by atoms with Gasteiger partial charge in [0.15, 0.2) is 0 Å². The number of nitrogens with zero attached hydrogens (tertiary/aromatic N) is 1. The molecule has 3 N–H and O–H groups in total. The lowest BCUT2D eigenvalue weighted by atomic mass is 9.69. The van der Waals surface area contributed by atoms with Crippen molar-refractivity contribution in [3.8, 4) is 5.75 Å². The highest BCUT2D eigenvalue weighted by atomic mass is 35.5. The number of hydrogen-bond acceptors (Lipinski definition) is 7. The molecule has 0 bridgehead atoms. The Morgan fingerprint density at radius 3 is 2.67 bits per heavy atom. The van der Waals surface area contributed by atoms with Crippen LogP contribution in [0.4, 0.5) is 5.69 Å². The lowest BCUT2D eigenvalue weighted by molar-refractivity contribution is -0.122. The van der Waals surface area contributed by atoms with E-state index >= 15 is 0 Å². The molecule has 10 heteroatoms. The molecule has 2 aromatic carbocycles. The Balaban J connectivity index is 1.39. The third-order valence-corrected chi connectivity index (χ3v) is 8.61. The van der Waals surface area contributed by atoms with Crippen LogP contribution in [0, 0.1) is 17.8 Å². The maximum absolute atomic E-state index is 13.7. The van der Waals surface area contributed by atoms with Crippen LogP contribution in [0.2, 0.25) is 5.02 Å². The number of carbonyl (C=O) groups excluding carboxylic acids is 2. The van der Waals surface area contributed by atoms with E-state index < -0.39 is 19.0 Å². The van der Waals surface area contributed by atoms with E-state index in [1.807, 2.05) is 6.08 Å². The quantitative estimate of drug-likeness (QED) is 0.242. The first-order valence-corrected chi connectivity index (χ1v) is 14.0. The van der Waals surface area contributed by atoms with Crippen molar-refractivity contribution >= 4 is 47.8 Å². The molecule has 3 aliphatic rings. The molecule has 0 saturated carbocycles. The molecule has 2 aliphatic heterocycles. The number of aromatic hydroxyl groups is 1. The zero-order valence-electron chi connectivity index (χ0n) is 22.5. The van der Waals surface area contributed by atoms with E-state index in [2.05, 4.69) is 6.92 Å². The van der Waals surface area contributed by atoms with Gasteiger partial charge in [0.1, 0.15) is 5.75 Å². The molecular weight excluding hydrogens is 533 g/mol. The number of rotatable bonds is 9. The molecule has 40 heavy (non-hydrogen) atoms. The number of phenolic OH excluding ortho intramolecular Hbond substituents is 1. The maximum atomic E-state index is 13.7. The van der Waals surface area contributed by atoms with Gasteiger partial charge in [0, 0.05) is 13.0 Å². The number of hydrogen-bond donors (Lipinski definition) is 3. The van der Waals surface area contributed by atoms with E-state index in [-0.39, 0.29) is 35.0 Å². The predicted molar refractivity (Wildman–Crippen MR) is 153 cm³/mol.